The summed E-state index contributed by atoms with van der Waals surface area (Å²) in [6.45, 7) is 2.08. The summed E-state index contributed by atoms with van der Waals surface area (Å²) in [7, 11) is 0. The van der Waals surface area contributed by atoms with E-state index >= 15 is 0 Å². The fourth-order valence-corrected chi connectivity index (χ4v) is 2.73. The zero-order valence-electron chi connectivity index (χ0n) is 10.6. The number of amides is 1. The van der Waals surface area contributed by atoms with Gasteiger partial charge in [-0.15, -0.1) is 0 Å². The first-order chi connectivity index (χ1) is 9.16. The van der Waals surface area contributed by atoms with Crippen LogP contribution >= 0.6 is 11.6 Å². The highest BCUT2D eigenvalue weighted by atomic mass is 35.5. The number of rotatable bonds is 1. The minimum Gasteiger partial charge on any atom is -0.305 e. The molecular weight excluding hydrogens is 258 g/mol. The summed E-state index contributed by atoms with van der Waals surface area (Å²) in [5, 5.41) is 0.645. The standard InChI is InChI=1S/C16H14ClNO/c1-11-10-13-4-2-3-5-15(13)18(11)16(19)12-6-8-14(17)9-7-12/h2-9,11H,10H2,1H3/t11-/m1/s1. The Morgan fingerprint density at radius 3 is 2.58 bits per heavy atom. The average Bonchev–Trinajstić information content (AvgIpc) is 2.74. The monoisotopic (exact) mass is 271 g/mol. The number of hydrogen-bond donors (Lipinski definition) is 0. The minimum absolute atomic E-state index is 0.0362. The Kier molecular flexibility index (Phi) is 3.03. The third kappa shape index (κ3) is 2.13. The van der Waals surface area contributed by atoms with Crippen LogP contribution in [-0.2, 0) is 6.42 Å². The zero-order chi connectivity index (χ0) is 13.4. The van der Waals surface area contributed by atoms with E-state index in [1.807, 2.05) is 23.1 Å². The first kappa shape index (κ1) is 12.2. The van der Waals surface area contributed by atoms with Crippen LogP contribution in [0.25, 0.3) is 0 Å². The van der Waals surface area contributed by atoms with Crippen molar-refractivity contribution in [1.29, 1.82) is 0 Å². The predicted molar refractivity (Wildman–Crippen MR) is 77.9 cm³/mol. The number of benzene rings is 2. The molecule has 0 saturated carbocycles. The molecule has 0 fully saturated rings. The Bertz CT molecular complexity index is 621. The van der Waals surface area contributed by atoms with E-state index in [4.69, 9.17) is 11.6 Å². The summed E-state index contributed by atoms with van der Waals surface area (Å²) in [5.74, 6) is 0.0362. The molecule has 1 aliphatic heterocycles. The molecule has 0 aliphatic carbocycles. The van der Waals surface area contributed by atoms with E-state index in [9.17, 15) is 4.79 Å². The molecule has 19 heavy (non-hydrogen) atoms. The summed E-state index contributed by atoms with van der Waals surface area (Å²) >= 11 is 5.86. The van der Waals surface area contributed by atoms with Gasteiger partial charge < -0.3 is 4.90 Å². The quantitative estimate of drug-likeness (QED) is 0.769. The van der Waals surface area contributed by atoms with Crippen molar-refractivity contribution < 1.29 is 4.79 Å². The lowest BCUT2D eigenvalue weighted by atomic mass is 10.1. The first-order valence-electron chi connectivity index (χ1n) is 6.34. The third-order valence-electron chi connectivity index (χ3n) is 3.52. The van der Waals surface area contributed by atoms with Gasteiger partial charge in [0.05, 0.1) is 0 Å². The van der Waals surface area contributed by atoms with Gasteiger partial charge in [0.25, 0.3) is 5.91 Å². The van der Waals surface area contributed by atoms with Crippen molar-refractivity contribution in [1.82, 2.24) is 0 Å². The number of hydrogen-bond acceptors (Lipinski definition) is 1. The number of fused-ring (bicyclic) bond motifs is 1. The van der Waals surface area contributed by atoms with E-state index in [1.54, 1.807) is 24.3 Å². The van der Waals surface area contributed by atoms with Crippen LogP contribution in [-0.4, -0.2) is 11.9 Å². The van der Waals surface area contributed by atoms with Crippen LogP contribution in [0.5, 0.6) is 0 Å². The van der Waals surface area contributed by atoms with Gasteiger partial charge in [0.2, 0.25) is 0 Å². The molecule has 2 aromatic carbocycles. The van der Waals surface area contributed by atoms with Crippen molar-refractivity contribution in [3.8, 4) is 0 Å². The Hall–Kier alpha value is -1.80. The fourth-order valence-electron chi connectivity index (χ4n) is 2.61. The molecule has 0 bridgehead atoms. The van der Waals surface area contributed by atoms with Crippen LogP contribution in [0.2, 0.25) is 5.02 Å². The molecule has 2 nitrogen and oxygen atoms in total. The second-order valence-corrected chi connectivity index (χ2v) is 5.30. The Balaban J connectivity index is 1.98. The van der Waals surface area contributed by atoms with Gasteiger partial charge in [-0.3, -0.25) is 4.79 Å². The molecule has 1 amide bonds. The SMILES string of the molecule is C[C@@H]1Cc2ccccc2N1C(=O)c1ccc(Cl)cc1. The lowest BCUT2D eigenvalue weighted by Crippen LogP contribution is -2.35. The maximum Gasteiger partial charge on any atom is 0.258 e. The van der Waals surface area contributed by atoms with Crippen LogP contribution in [0.15, 0.2) is 48.5 Å². The van der Waals surface area contributed by atoms with Gasteiger partial charge in [-0.1, -0.05) is 29.8 Å². The summed E-state index contributed by atoms with van der Waals surface area (Å²) in [6, 6.07) is 15.3. The maximum absolute atomic E-state index is 12.6. The summed E-state index contributed by atoms with van der Waals surface area (Å²) in [6.07, 6.45) is 0.912. The Labute approximate surface area is 117 Å². The largest absolute Gasteiger partial charge is 0.305 e. The van der Waals surface area contributed by atoms with E-state index in [0.29, 0.717) is 10.6 Å². The number of carbonyl (C=O) groups excluding carboxylic acids is 1. The maximum atomic E-state index is 12.6. The molecule has 3 rings (SSSR count). The second kappa shape index (κ2) is 4.71. The molecule has 1 aliphatic rings. The van der Waals surface area contributed by atoms with Gasteiger partial charge in [0, 0.05) is 22.3 Å². The molecule has 1 heterocycles. The van der Waals surface area contributed by atoms with Crippen LogP contribution in [0.1, 0.15) is 22.8 Å². The topological polar surface area (TPSA) is 20.3 Å². The Morgan fingerprint density at radius 1 is 1.16 bits per heavy atom. The van der Waals surface area contributed by atoms with E-state index in [0.717, 1.165) is 12.1 Å². The van der Waals surface area contributed by atoms with Crippen molar-refractivity contribution in [3.05, 3.63) is 64.7 Å². The molecule has 96 valence electrons. The second-order valence-electron chi connectivity index (χ2n) is 4.86. The highest BCUT2D eigenvalue weighted by Gasteiger charge is 2.30. The summed E-state index contributed by atoms with van der Waals surface area (Å²) in [5.41, 5.74) is 2.93. The number of nitrogens with zero attached hydrogens (tertiary/aromatic N) is 1. The lowest BCUT2D eigenvalue weighted by Gasteiger charge is -2.22. The van der Waals surface area contributed by atoms with E-state index in [1.165, 1.54) is 5.56 Å². The van der Waals surface area contributed by atoms with Gasteiger partial charge in [0.1, 0.15) is 0 Å². The molecule has 0 aromatic heterocycles. The van der Waals surface area contributed by atoms with Crippen molar-refractivity contribution in [2.45, 2.75) is 19.4 Å². The lowest BCUT2D eigenvalue weighted by molar-refractivity contribution is 0.0981. The third-order valence-corrected chi connectivity index (χ3v) is 3.77. The smallest absolute Gasteiger partial charge is 0.258 e. The fraction of sp³-hybridized carbons (Fsp3) is 0.188. The van der Waals surface area contributed by atoms with Crippen LogP contribution in [0, 0.1) is 0 Å². The van der Waals surface area contributed by atoms with Gasteiger partial charge in [-0.2, -0.15) is 0 Å². The van der Waals surface area contributed by atoms with Crippen molar-refractivity contribution in [2.24, 2.45) is 0 Å². The van der Waals surface area contributed by atoms with E-state index in [2.05, 4.69) is 13.0 Å². The highest BCUT2D eigenvalue weighted by molar-refractivity contribution is 6.30. The van der Waals surface area contributed by atoms with Gasteiger partial charge in [0.15, 0.2) is 0 Å². The van der Waals surface area contributed by atoms with E-state index in [-0.39, 0.29) is 11.9 Å². The summed E-state index contributed by atoms with van der Waals surface area (Å²) in [4.78, 5) is 14.5. The molecule has 0 N–H and O–H groups in total. The van der Waals surface area contributed by atoms with Crippen LogP contribution in [0.4, 0.5) is 5.69 Å². The highest BCUT2D eigenvalue weighted by Crippen LogP contribution is 2.33. The average molecular weight is 272 g/mol. The van der Waals surface area contributed by atoms with Crippen LogP contribution in [0.3, 0.4) is 0 Å². The van der Waals surface area contributed by atoms with Crippen LogP contribution < -0.4 is 4.90 Å². The molecule has 1 atom stereocenters. The summed E-state index contributed by atoms with van der Waals surface area (Å²) < 4.78 is 0. The van der Waals surface area contributed by atoms with Gasteiger partial charge in [-0.25, -0.2) is 0 Å². The Morgan fingerprint density at radius 2 is 1.84 bits per heavy atom. The molecule has 0 unspecified atom stereocenters. The number of halogens is 1. The normalized spacial score (nSPS) is 17.4. The minimum atomic E-state index is 0.0362. The van der Waals surface area contributed by atoms with Crippen molar-refractivity contribution in [2.75, 3.05) is 4.90 Å². The molecule has 0 radical (unpaired) electrons. The predicted octanol–water partition coefficient (Wildman–Crippen LogP) is 3.93. The number of carbonyl (C=O) groups is 1. The number of anilines is 1. The van der Waals surface area contributed by atoms with Gasteiger partial charge in [-0.05, 0) is 49.2 Å². The number of para-hydroxylation sites is 1. The molecule has 2 aromatic rings. The van der Waals surface area contributed by atoms with Crippen molar-refractivity contribution >= 4 is 23.2 Å². The van der Waals surface area contributed by atoms with Crippen molar-refractivity contribution in [3.63, 3.8) is 0 Å². The first-order valence-corrected chi connectivity index (χ1v) is 6.71. The molecule has 3 heteroatoms. The molecule has 0 saturated heterocycles. The zero-order valence-corrected chi connectivity index (χ0v) is 11.4. The molecular formula is C16H14ClNO. The van der Waals surface area contributed by atoms with E-state index < -0.39 is 0 Å². The van der Waals surface area contributed by atoms with Gasteiger partial charge >= 0.3 is 0 Å². The molecule has 0 spiro atoms.